The molecule has 4 nitrogen and oxygen atoms in total. The van der Waals surface area contributed by atoms with E-state index in [9.17, 15) is 5.11 Å². The number of nitrogens with zero attached hydrogens (tertiary/aromatic N) is 1. The first kappa shape index (κ1) is 13.0. The fourth-order valence-corrected chi connectivity index (χ4v) is 2.66. The molecule has 4 heteroatoms. The molecule has 0 aromatic heterocycles. The largest absolute Gasteiger partial charge is 0.493 e. The van der Waals surface area contributed by atoms with E-state index in [1.54, 1.807) is 14.2 Å². The van der Waals surface area contributed by atoms with Crippen LogP contribution in [0.4, 0.5) is 5.69 Å². The normalized spacial score (nSPS) is 22.1. The van der Waals surface area contributed by atoms with Crippen molar-refractivity contribution in [2.45, 2.75) is 31.9 Å². The lowest BCUT2D eigenvalue weighted by molar-refractivity contribution is 0.188. The second-order valence-electron chi connectivity index (χ2n) is 5.32. The van der Waals surface area contributed by atoms with Gasteiger partial charge in [0.05, 0.1) is 20.3 Å². The third kappa shape index (κ3) is 2.25. The van der Waals surface area contributed by atoms with Gasteiger partial charge >= 0.3 is 0 Å². The predicted octanol–water partition coefficient (Wildman–Crippen LogP) is 2.05. The van der Waals surface area contributed by atoms with Gasteiger partial charge in [0.25, 0.3) is 0 Å². The van der Waals surface area contributed by atoms with Gasteiger partial charge < -0.3 is 19.5 Å². The van der Waals surface area contributed by atoms with E-state index < -0.39 is 0 Å². The molecule has 0 saturated carbocycles. The third-order valence-electron chi connectivity index (χ3n) is 3.54. The summed E-state index contributed by atoms with van der Waals surface area (Å²) in [5.41, 5.74) is 1.01. The Morgan fingerprint density at radius 2 is 1.89 bits per heavy atom. The average molecular weight is 251 g/mol. The van der Waals surface area contributed by atoms with Crippen LogP contribution in [0.2, 0.25) is 0 Å². The lowest BCUT2D eigenvalue weighted by Crippen LogP contribution is -2.38. The lowest BCUT2D eigenvalue weighted by atomic mass is 10.0. The van der Waals surface area contributed by atoms with Crippen LogP contribution in [0.25, 0.3) is 0 Å². The van der Waals surface area contributed by atoms with Crippen molar-refractivity contribution in [3.05, 3.63) is 18.2 Å². The van der Waals surface area contributed by atoms with Crippen LogP contribution < -0.4 is 14.4 Å². The Morgan fingerprint density at radius 1 is 1.22 bits per heavy atom. The smallest absolute Gasteiger partial charge is 0.162 e. The molecule has 1 unspecified atom stereocenters. The molecule has 1 fully saturated rings. The van der Waals surface area contributed by atoms with E-state index in [2.05, 4.69) is 18.7 Å². The average Bonchev–Trinajstić information content (AvgIpc) is 2.61. The minimum atomic E-state index is -0.270. The van der Waals surface area contributed by atoms with Gasteiger partial charge in [-0.2, -0.15) is 0 Å². The first-order chi connectivity index (χ1) is 8.47. The molecule has 1 heterocycles. The molecular weight excluding hydrogens is 230 g/mol. The second-order valence-corrected chi connectivity index (χ2v) is 5.32. The number of ether oxygens (including phenoxy) is 2. The highest BCUT2D eigenvalue weighted by molar-refractivity contribution is 5.58. The monoisotopic (exact) mass is 251 g/mol. The summed E-state index contributed by atoms with van der Waals surface area (Å²) in [6.07, 6.45) is 0.509. The molecule has 1 aromatic rings. The fraction of sp³-hybridized carbons (Fsp3) is 0.571. The minimum absolute atomic E-state index is 0.0426. The number of benzene rings is 1. The molecule has 1 atom stereocenters. The van der Waals surface area contributed by atoms with E-state index in [1.807, 2.05) is 18.2 Å². The summed E-state index contributed by atoms with van der Waals surface area (Å²) >= 11 is 0. The maximum atomic E-state index is 9.83. The highest BCUT2D eigenvalue weighted by Crippen LogP contribution is 2.38. The van der Waals surface area contributed by atoms with Gasteiger partial charge in [0, 0.05) is 23.8 Å². The van der Waals surface area contributed by atoms with Gasteiger partial charge in [-0.3, -0.25) is 0 Å². The van der Waals surface area contributed by atoms with Gasteiger partial charge in [-0.15, -0.1) is 0 Å². The molecule has 1 aromatic carbocycles. The standard InChI is InChI=1S/C14H21NO3/c1-14(2)8-11(16)9-15(14)10-5-6-12(17-3)13(7-10)18-4/h5-7,11,16H,8-9H2,1-4H3. The van der Waals surface area contributed by atoms with Crippen LogP contribution in [0, 0.1) is 0 Å². The highest BCUT2D eigenvalue weighted by atomic mass is 16.5. The molecule has 1 N–H and O–H groups in total. The zero-order chi connectivity index (χ0) is 13.3. The molecule has 18 heavy (non-hydrogen) atoms. The van der Waals surface area contributed by atoms with Gasteiger partial charge in [-0.25, -0.2) is 0 Å². The van der Waals surface area contributed by atoms with Gasteiger partial charge in [0.15, 0.2) is 11.5 Å². The number of rotatable bonds is 3. The number of hydrogen-bond donors (Lipinski definition) is 1. The van der Waals surface area contributed by atoms with Gasteiger partial charge in [-0.1, -0.05) is 0 Å². The van der Waals surface area contributed by atoms with Crippen molar-refractivity contribution in [3.63, 3.8) is 0 Å². The number of anilines is 1. The topological polar surface area (TPSA) is 41.9 Å². The lowest BCUT2D eigenvalue weighted by Gasteiger charge is -2.33. The summed E-state index contributed by atoms with van der Waals surface area (Å²) in [6, 6.07) is 5.86. The van der Waals surface area contributed by atoms with E-state index in [-0.39, 0.29) is 11.6 Å². The Labute approximate surface area is 108 Å². The third-order valence-corrected chi connectivity index (χ3v) is 3.54. The second kappa shape index (κ2) is 4.69. The molecule has 0 amide bonds. The van der Waals surface area contributed by atoms with Crippen molar-refractivity contribution < 1.29 is 14.6 Å². The highest BCUT2D eigenvalue weighted by Gasteiger charge is 2.37. The summed E-state index contributed by atoms with van der Waals surface area (Å²) in [5.74, 6) is 1.44. The number of methoxy groups -OCH3 is 2. The van der Waals surface area contributed by atoms with Crippen molar-refractivity contribution in [1.82, 2.24) is 0 Å². The van der Waals surface area contributed by atoms with Crippen molar-refractivity contribution in [3.8, 4) is 11.5 Å². The van der Waals surface area contributed by atoms with Crippen LogP contribution in [-0.2, 0) is 0 Å². The molecule has 2 rings (SSSR count). The molecule has 1 aliphatic heterocycles. The Hall–Kier alpha value is -1.42. The summed E-state index contributed by atoms with van der Waals surface area (Å²) in [6.45, 7) is 4.93. The molecule has 0 radical (unpaired) electrons. The van der Waals surface area contributed by atoms with E-state index >= 15 is 0 Å². The zero-order valence-corrected chi connectivity index (χ0v) is 11.4. The maximum Gasteiger partial charge on any atom is 0.162 e. The van der Waals surface area contributed by atoms with E-state index in [0.29, 0.717) is 12.3 Å². The maximum absolute atomic E-state index is 9.83. The molecule has 100 valence electrons. The zero-order valence-electron chi connectivity index (χ0n) is 11.4. The van der Waals surface area contributed by atoms with Crippen LogP contribution in [-0.4, -0.2) is 37.5 Å². The number of aliphatic hydroxyl groups excluding tert-OH is 1. The Balaban J connectivity index is 2.34. The van der Waals surface area contributed by atoms with Gasteiger partial charge in [0.1, 0.15) is 0 Å². The molecule has 1 aliphatic rings. The van der Waals surface area contributed by atoms with Crippen LogP contribution in [0.1, 0.15) is 20.3 Å². The Morgan fingerprint density at radius 3 is 2.39 bits per heavy atom. The van der Waals surface area contributed by atoms with Crippen molar-refractivity contribution in [2.24, 2.45) is 0 Å². The van der Waals surface area contributed by atoms with Crippen LogP contribution >= 0.6 is 0 Å². The molecule has 1 saturated heterocycles. The minimum Gasteiger partial charge on any atom is -0.493 e. The Bertz CT molecular complexity index is 431. The summed E-state index contributed by atoms with van der Waals surface area (Å²) in [7, 11) is 3.26. The molecule has 0 spiro atoms. The number of β-amino-alcohol motifs (C(OH)–C–C–N with tert-alkyl or cyclic N) is 1. The van der Waals surface area contributed by atoms with Crippen molar-refractivity contribution in [1.29, 1.82) is 0 Å². The quantitative estimate of drug-likeness (QED) is 0.893. The number of aliphatic hydroxyl groups is 1. The van der Waals surface area contributed by atoms with Gasteiger partial charge in [0.2, 0.25) is 0 Å². The summed E-state index contributed by atoms with van der Waals surface area (Å²) in [5, 5.41) is 9.83. The Kier molecular flexibility index (Phi) is 3.39. The van der Waals surface area contributed by atoms with E-state index in [1.165, 1.54) is 0 Å². The van der Waals surface area contributed by atoms with Crippen LogP contribution in [0.5, 0.6) is 11.5 Å². The molecular formula is C14H21NO3. The molecule has 0 aliphatic carbocycles. The predicted molar refractivity (Wildman–Crippen MR) is 71.6 cm³/mol. The van der Waals surface area contributed by atoms with Crippen molar-refractivity contribution >= 4 is 5.69 Å². The van der Waals surface area contributed by atoms with E-state index in [4.69, 9.17) is 9.47 Å². The first-order valence-corrected chi connectivity index (χ1v) is 6.15. The first-order valence-electron chi connectivity index (χ1n) is 6.15. The fourth-order valence-electron chi connectivity index (χ4n) is 2.66. The van der Waals surface area contributed by atoms with Gasteiger partial charge in [-0.05, 0) is 32.4 Å². The number of hydrogen-bond acceptors (Lipinski definition) is 4. The van der Waals surface area contributed by atoms with Crippen LogP contribution in [0.3, 0.4) is 0 Å². The SMILES string of the molecule is COc1ccc(N2CC(O)CC2(C)C)cc1OC. The molecule has 0 bridgehead atoms. The van der Waals surface area contributed by atoms with E-state index in [0.717, 1.165) is 17.9 Å². The summed E-state index contributed by atoms with van der Waals surface area (Å²) < 4.78 is 10.6. The van der Waals surface area contributed by atoms with Crippen molar-refractivity contribution in [2.75, 3.05) is 25.7 Å². The van der Waals surface area contributed by atoms with Crippen LogP contribution in [0.15, 0.2) is 18.2 Å². The summed E-state index contributed by atoms with van der Waals surface area (Å²) in [4.78, 5) is 2.21.